The number of aryl methyl sites for hydroxylation is 2. The van der Waals surface area contributed by atoms with Crippen molar-refractivity contribution in [1.82, 2.24) is 14.8 Å². The standard InChI is InChI=1S/C17H10F5N3O2.Cu/c1-6-5-8(3-4-23-6)16(26)9-7(2)24-25(17(9)27)15-13(21)11(19)10(18)12(20)14(15)22;/h3-5,27H,1-2H3;. The van der Waals surface area contributed by atoms with E-state index in [4.69, 9.17) is 0 Å². The minimum atomic E-state index is -2.35. The van der Waals surface area contributed by atoms with Crippen molar-refractivity contribution in [3.05, 3.63) is 69.9 Å². The Hall–Kier alpha value is -2.78. The molecule has 2 heterocycles. The Balaban J connectivity index is 0.00000280. The predicted molar refractivity (Wildman–Crippen MR) is 82.2 cm³/mol. The molecule has 0 atom stereocenters. The van der Waals surface area contributed by atoms with Gasteiger partial charge in [0.15, 0.2) is 29.1 Å². The molecule has 3 aromatic rings. The van der Waals surface area contributed by atoms with Crippen LogP contribution < -0.4 is 0 Å². The fourth-order valence-corrected chi connectivity index (χ4v) is 2.55. The molecule has 0 aliphatic carbocycles. The number of rotatable bonds is 3. The maximum absolute atomic E-state index is 14.0. The molecule has 11 heteroatoms. The zero-order valence-electron chi connectivity index (χ0n) is 14.1. The summed E-state index contributed by atoms with van der Waals surface area (Å²) in [5, 5.41) is 13.8. The molecule has 151 valence electrons. The maximum Gasteiger partial charge on any atom is 0.226 e. The second-order valence-corrected chi connectivity index (χ2v) is 5.63. The molecule has 1 N–H and O–H groups in total. The third kappa shape index (κ3) is 3.27. The van der Waals surface area contributed by atoms with Gasteiger partial charge in [-0.1, -0.05) is 0 Å². The number of benzene rings is 1. The van der Waals surface area contributed by atoms with E-state index in [1.165, 1.54) is 25.3 Å². The van der Waals surface area contributed by atoms with Crippen molar-refractivity contribution >= 4 is 5.78 Å². The average molecular weight is 447 g/mol. The largest absolute Gasteiger partial charge is 0.493 e. The topological polar surface area (TPSA) is 68.0 Å². The predicted octanol–water partition coefficient (Wildman–Crippen LogP) is 3.51. The third-order valence-electron chi connectivity index (χ3n) is 3.82. The first kappa shape index (κ1) is 21.5. The third-order valence-corrected chi connectivity index (χ3v) is 3.82. The van der Waals surface area contributed by atoms with Crippen LogP contribution in [0, 0.1) is 42.9 Å². The number of hydrogen-bond donors (Lipinski definition) is 1. The van der Waals surface area contributed by atoms with E-state index < -0.39 is 52.0 Å². The van der Waals surface area contributed by atoms with Crippen molar-refractivity contribution in [2.24, 2.45) is 0 Å². The summed E-state index contributed by atoms with van der Waals surface area (Å²) in [7, 11) is 0. The Bertz CT molecular complexity index is 1070. The average Bonchev–Trinajstić information content (AvgIpc) is 2.92. The van der Waals surface area contributed by atoms with Crippen LogP contribution in [0.2, 0.25) is 0 Å². The molecule has 1 aromatic carbocycles. The van der Waals surface area contributed by atoms with Gasteiger partial charge >= 0.3 is 0 Å². The molecule has 0 unspecified atom stereocenters. The van der Waals surface area contributed by atoms with Crippen LogP contribution >= 0.6 is 0 Å². The first-order valence-electron chi connectivity index (χ1n) is 7.42. The van der Waals surface area contributed by atoms with Gasteiger partial charge in [0.05, 0.1) is 5.69 Å². The molecular weight excluding hydrogens is 437 g/mol. The van der Waals surface area contributed by atoms with Crippen LogP contribution in [0.1, 0.15) is 27.3 Å². The van der Waals surface area contributed by atoms with Crippen LogP contribution in [-0.4, -0.2) is 25.7 Å². The molecule has 5 nitrogen and oxygen atoms in total. The number of aromatic hydroxyl groups is 1. The second-order valence-electron chi connectivity index (χ2n) is 5.63. The number of carbonyl (C=O) groups excluding carboxylic acids is 1. The van der Waals surface area contributed by atoms with Gasteiger partial charge in [-0.15, -0.1) is 0 Å². The van der Waals surface area contributed by atoms with Crippen LogP contribution in [-0.2, 0) is 17.1 Å². The van der Waals surface area contributed by atoms with E-state index in [0.717, 1.165) is 0 Å². The number of nitrogens with zero attached hydrogens (tertiary/aromatic N) is 3. The second kappa shape index (κ2) is 7.69. The molecule has 3 rings (SSSR count). The maximum atomic E-state index is 14.0. The summed E-state index contributed by atoms with van der Waals surface area (Å²) in [5.41, 5.74) is -1.51. The molecule has 0 aliphatic heterocycles. The molecule has 0 saturated heterocycles. The van der Waals surface area contributed by atoms with Crippen LogP contribution in [0.25, 0.3) is 5.69 Å². The fraction of sp³-hybridized carbons (Fsp3) is 0.118. The van der Waals surface area contributed by atoms with Gasteiger partial charge in [0, 0.05) is 34.5 Å². The molecule has 0 aliphatic rings. The summed E-state index contributed by atoms with van der Waals surface area (Å²) in [6.07, 6.45) is 1.34. The van der Waals surface area contributed by atoms with Gasteiger partial charge < -0.3 is 5.11 Å². The van der Waals surface area contributed by atoms with Crippen molar-refractivity contribution in [3.63, 3.8) is 0 Å². The Morgan fingerprint density at radius 2 is 1.54 bits per heavy atom. The normalized spacial score (nSPS) is 10.7. The minimum absolute atomic E-state index is 0. The Kier molecular flexibility index (Phi) is 5.91. The molecule has 0 bridgehead atoms. The quantitative estimate of drug-likeness (QED) is 0.220. The van der Waals surface area contributed by atoms with Gasteiger partial charge in [0.2, 0.25) is 11.7 Å². The van der Waals surface area contributed by atoms with Crippen molar-refractivity contribution in [2.45, 2.75) is 13.8 Å². The van der Waals surface area contributed by atoms with E-state index >= 15 is 0 Å². The zero-order chi connectivity index (χ0) is 20.0. The van der Waals surface area contributed by atoms with E-state index in [0.29, 0.717) is 5.69 Å². The first-order chi connectivity index (χ1) is 12.6. The summed E-state index contributed by atoms with van der Waals surface area (Å²) < 4.78 is 68.2. The molecule has 28 heavy (non-hydrogen) atoms. The Morgan fingerprint density at radius 1 is 1.00 bits per heavy atom. The van der Waals surface area contributed by atoms with E-state index in [1.54, 1.807) is 6.92 Å². The smallest absolute Gasteiger partial charge is 0.226 e. The molecular formula is C17H10CuF5N3O2. The van der Waals surface area contributed by atoms with Gasteiger partial charge in [-0.3, -0.25) is 9.78 Å². The minimum Gasteiger partial charge on any atom is -0.493 e. The summed E-state index contributed by atoms with van der Waals surface area (Å²) in [4.78, 5) is 16.5. The molecule has 2 aromatic heterocycles. The van der Waals surface area contributed by atoms with Crippen molar-refractivity contribution < 1.29 is 48.9 Å². The van der Waals surface area contributed by atoms with Gasteiger partial charge in [-0.25, -0.2) is 22.0 Å². The van der Waals surface area contributed by atoms with E-state index in [9.17, 15) is 31.9 Å². The fourth-order valence-electron chi connectivity index (χ4n) is 2.55. The van der Waals surface area contributed by atoms with E-state index in [-0.39, 0.29) is 33.0 Å². The molecule has 1 radical (unpaired) electrons. The van der Waals surface area contributed by atoms with Gasteiger partial charge in [-0.2, -0.15) is 9.78 Å². The van der Waals surface area contributed by atoms with Gasteiger partial charge in [0.25, 0.3) is 0 Å². The molecule has 0 saturated carbocycles. The van der Waals surface area contributed by atoms with Gasteiger partial charge in [-0.05, 0) is 26.0 Å². The SMILES string of the molecule is Cc1cc(C(=O)c2c(C)nn(-c3c(F)c(F)c(F)c(F)c3F)c2O)ccn1.[Cu]. The molecule has 0 spiro atoms. The van der Waals surface area contributed by atoms with E-state index in [1.807, 2.05) is 0 Å². The molecule has 0 fully saturated rings. The first-order valence-corrected chi connectivity index (χ1v) is 7.42. The van der Waals surface area contributed by atoms with Crippen LogP contribution in [0.5, 0.6) is 5.88 Å². The Morgan fingerprint density at radius 3 is 2.07 bits per heavy atom. The number of hydrogen-bond acceptors (Lipinski definition) is 4. The number of aromatic nitrogens is 3. The van der Waals surface area contributed by atoms with Crippen LogP contribution in [0.15, 0.2) is 18.3 Å². The number of halogens is 5. The van der Waals surface area contributed by atoms with Crippen LogP contribution in [0.4, 0.5) is 22.0 Å². The Labute approximate surface area is 165 Å². The summed E-state index contributed by atoms with van der Waals surface area (Å²) in [6, 6.07) is 2.74. The van der Waals surface area contributed by atoms with Crippen molar-refractivity contribution in [3.8, 4) is 11.6 Å². The van der Waals surface area contributed by atoms with E-state index in [2.05, 4.69) is 10.1 Å². The zero-order valence-corrected chi connectivity index (χ0v) is 15.1. The summed E-state index contributed by atoms with van der Waals surface area (Å²) in [5.74, 6) is -12.9. The summed E-state index contributed by atoms with van der Waals surface area (Å²) >= 11 is 0. The monoisotopic (exact) mass is 446 g/mol. The van der Waals surface area contributed by atoms with Gasteiger partial charge in [0.1, 0.15) is 11.3 Å². The molecule has 0 amide bonds. The van der Waals surface area contributed by atoms with Crippen molar-refractivity contribution in [2.75, 3.05) is 0 Å². The van der Waals surface area contributed by atoms with Crippen molar-refractivity contribution in [1.29, 1.82) is 0 Å². The van der Waals surface area contributed by atoms with Crippen LogP contribution in [0.3, 0.4) is 0 Å². The number of carbonyl (C=O) groups is 1. The summed E-state index contributed by atoms with van der Waals surface area (Å²) in [6.45, 7) is 2.85. The number of pyridine rings is 1. The number of ketones is 1.